The first kappa shape index (κ1) is 15.2. The number of methoxy groups -OCH3 is 1. The number of ether oxygens (including phenoxy) is 1. The van der Waals surface area contributed by atoms with Crippen LogP contribution in [-0.2, 0) is 11.3 Å². The van der Waals surface area contributed by atoms with Gasteiger partial charge in [0.1, 0.15) is 12.3 Å². The number of nitrogen functional groups attached to an aromatic ring is 1. The van der Waals surface area contributed by atoms with Gasteiger partial charge in [-0.3, -0.25) is 9.36 Å². The summed E-state index contributed by atoms with van der Waals surface area (Å²) in [6.45, 7) is 2.07. The highest BCUT2D eigenvalue weighted by Crippen LogP contribution is 2.18. The van der Waals surface area contributed by atoms with Crippen molar-refractivity contribution in [2.75, 3.05) is 23.9 Å². The van der Waals surface area contributed by atoms with Crippen molar-refractivity contribution in [3.05, 3.63) is 24.3 Å². The highest BCUT2D eigenvalue weighted by atomic mass is 32.2. The van der Waals surface area contributed by atoms with E-state index in [9.17, 15) is 4.79 Å². The summed E-state index contributed by atoms with van der Waals surface area (Å²) in [6, 6.07) is 7.10. The minimum atomic E-state index is -0.190. The van der Waals surface area contributed by atoms with Crippen LogP contribution >= 0.6 is 11.8 Å². The van der Waals surface area contributed by atoms with Gasteiger partial charge in [-0.2, -0.15) is 0 Å². The Kier molecular flexibility index (Phi) is 5.04. The molecule has 0 atom stereocenters. The van der Waals surface area contributed by atoms with Crippen LogP contribution in [0, 0.1) is 0 Å². The van der Waals surface area contributed by atoms with Crippen molar-refractivity contribution in [3.8, 4) is 5.75 Å². The van der Waals surface area contributed by atoms with Crippen LogP contribution in [0.4, 0.5) is 11.6 Å². The molecule has 0 aliphatic heterocycles. The predicted octanol–water partition coefficient (Wildman–Crippen LogP) is 1.62. The smallest absolute Gasteiger partial charge is 0.244 e. The van der Waals surface area contributed by atoms with E-state index in [2.05, 4.69) is 15.5 Å². The second-order valence-electron chi connectivity index (χ2n) is 4.14. The second kappa shape index (κ2) is 6.98. The van der Waals surface area contributed by atoms with Crippen molar-refractivity contribution in [1.29, 1.82) is 0 Å². The van der Waals surface area contributed by atoms with Crippen molar-refractivity contribution in [2.24, 2.45) is 0 Å². The fourth-order valence-electron chi connectivity index (χ4n) is 1.70. The molecule has 2 rings (SSSR count). The summed E-state index contributed by atoms with van der Waals surface area (Å²) in [4.78, 5) is 12.1. The van der Waals surface area contributed by atoms with Crippen LogP contribution in [0.5, 0.6) is 5.75 Å². The van der Waals surface area contributed by atoms with Crippen molar-refractivity contribution in [3.63, 3.8) is 0 Å². The molecule has 8 heteroatoms. The Morgan fingerprint density at radius 3 is 2.71 bits per heavy atom. The normalized spacial score (nSPS) is 10.4. The maximum absolute atomic E-state index is 12.1. The molecular weight excluding hydrogens is 290 g/mol. The van der Waals surface area contributed by atoms with Crippen molar-refractivity contribution in [1.82, 2.24) is 14.8 Å². The maximum Gasteiger partial charge on any atom is 0.244 e. The average Bonchev–Trinajstić information content (AvgIpc) is 2.81. The largest absolute Gasteiger partial charge is 0.497 e. The summed E-state index contributed by atoms with van der Waals surface area (Å²) in [5.41, 5.74) is 6.42. The van der Waals surface area contributed by atoms with Crippen LogP contribution in [0.25, 0.3) is 0 Å². The number of anilines is 2. The quantitative estimate of drug-likeness (QED) is 0.787. The van der Waals surface area contributed by atoms with Gasteiger partial charge >= 0.3 is 0 Å². The molecule has 1 heterocycles. The Hall–Kier alpha value is -2.22. The van der Waals surface area contributed by atoms with Gasteiger partial charge in [0.25, 0.3) is 0 Å². The molecule has 0 aliphatic carbocycles. The van der Waals surface area contributed by atoms with Crippen molar-refractivity contribution >= 4 is 29.3 Å². The number of nitrogens with one attached hydrogen (secondary N) is 1. The molecule has 112 valence electrons. The lowest BCUT2D eigenvalue weighted by Gasteiger charge is -2.09. The lowest BCUT2D eigenvalue weighted by atomic mass is 10.3. The molecule has 2 aromatic rings. The number of nitrogens with zero attached hydrogens (tertiary/aromatic N) is 3. The zero-order valence-electron chi connectivity index (χ0n) is 11.9. The van der Waals surface area contributed by atoms with E-state index in [4.69, 9.17) is 10.5 Å². The zero-order chi connectivity index (χ0) is 15.2. The second-order valence-corrected chi connectivity index (χ2v) is 5.37. The number of carbonyl (C=O) groups excluding carboxylic acids is 1. The Morgan fingerprint density at radius 2 is 2.10 bits per heavy atom. The van der Waals surface area contributed by atoms with E-state index in [1.54, 1.807) is 35.9 Å². The summed E-state index contributed by atoms with van der Waals surface area (Å²) in [7, 11) is 1.59. The number of thioether (sulfide) groups is 1. The molecule has 0 saturated heterocycles. The van der Waals surface area contributed by atoms with Gasteiger partial charge < -0.3 is 15.8 Å². The van der Waals surface area contributed by atoms with Gasteiger partial charge in [-0.05, 0) is 30.0 Å². The maximum atomic E-state index is 12.1. The minimum Gasteiger partial charge on any atom is -0.497 e. The molecule has 0 bridgehead atoms. The van der Waals surface area contributed by atoms with E-state index < -0.39 is 0 Å². The molecule has 1 aromatic carbocycles. The highest BCUT2D eigenvalue weighted by molar-refractivity contribution is 7.99. The first-order valence-electron chi connectivity index (χ1n) is 6.39. The molecule has 0 spiro atoms. The Morgan fingerprint density at radius 1 is 1.38 bits per heavy atom. The molecule has 3 N–H and O–H groups in total. The molecule has 21 heavy (non-hydrogen) atoms. The monoisotopic (exact) mass is 307 g/mol. The first-order valence-corrected chi connectivity index (χ1v) is 7.38. The van der Waals surface area contributed by atoms with E-state index in [1.807, 2.05) is 6.92 Å². The van der Waals surface area contributed by atoms with E-state index in [0.29, 0.717) is 10.8 Å². The SMILES string of the molecule is CCSc1nnc(N)n1CC(=O)Nc1ccc(OC)cc1. The molecule has 1 aromatic heterocycles. The van der Waals surface area contributed by atoms with E-state index in [1.165, 1.54) is 11.8 Å². The molecule has 1 amide bonds. The number of hydrogen-bond acceptors (Lipinski definition) is 6. The molecule has 0 fully saturated rings. The highest BCUT2D eigenvalue weighted by Gasteiger charge is 2.13. The van der Waals surface area contributed by atoms with Gasteiger partial charge in [-0.15, -0.1) is 10.2 Å². The van der Waals surface area contributed by atoms with Crippen LogP contribution in [0.2, 0.25) is 0 Å². The number of aromatic nitrogens is 3. The van der Waals surface area contributed by atoms with Crippen LogP contribution in [0.15, 0.2) is 29.4 Å². The third-order valence-electron chi connectivity index (χ3n) is 2.69. The van der Waals surface area contributed by atoms with E-state index >= 15 is 0 Å². The summed E-state index contributed by atoms with van der Waals surface area (Å²) in [6.07, 6.45) is 0. The van der Waals surface area contributed by atoms with Gasteiger partial charge in [0.15, 0.2) is 5.16 Å². The molecule has 0 saturated carbocycles. The van der Waals surface area contributed by atoms with E-state index in [0.717, 1.165) is 11.5 Å². The topological polar surface area (TPSA) is 95.1 Å². The van der Waals surface area contributed by atoms with Crippen LogP contribution in [0.3, 0.4) is 0 Å². The fraction of sp³-hybridized carbons (Fsp3) is 0.308. The van der Waals surface area contributed by atoms with Gasteiger partial charge in [0.05, 0.1) is 7.11 Å². The number of nitrogens with two attached hydrogens (primary N) is 1. The van der Waals surface area contributed by atoms with Gasteiger partial charge in [-0.25, -0.2) is 0 Å². The van der Waals surface area contributed by atoms with Crippen LogP contribution in [-0.4, -0.2) is 33.5 Å². The first-order chi connectivity index (χ1) is 10.1. The molecule has 0 aliphatic rings. The summed E-state index contributed by atoms with van der Waals surface area (Å²) < 4.78 is 6.66. The van der Waals surface area contributed by atoms with Gasteiger partial charge in [0, 0.05) is 5.69 Å². The summed E-state index contributed by atoms with van der Waals surface area (Å²) >= 11 is 1.49. The number of rotatable bonds is 6. The van der Waals surface area contributed by atoms with Gasteiger partial charge in [-0.1, -0.05) is 18.7 Å². The molecule has 0 radical (unpaired) electrons. The Bertz CT molecular complexity index is 612. The lowest BCUT2D eigenvalue weighted by Crippen LogP contribution is -2.20. The predicted molar refractivity (Wildman–Crippen MR) is 82.5 cm³/mol. The number of hydrogen-bond donors (Lipinski definition) is 2. The molecular formula is C13H17N5O2S. The van der Waals surface area contributed by atoms with Crippen molar-refractivity contribution in [2.45, 2.75) is 18.6 Å². The van der Waals surface area contributed by atoms with Crippen LogP contribution in [0.1, 0.15) is 6.92 Å². The fourth-order valence-corrected chi connectivity index (χ4v) is 2.37. The average molecular weight is 307 g/mol. The third kappa shape index (κ3) is 3.88. The number of benzene rings is 1. The number of carbonyl (C=O) groups is 1. The van der Waals surface area contributed by atoms with E-state index in [-0.39, 0.29) is 18.4 Å². The summed E-state index contributed by atoms with van der Waals surface area (Å²) in [5.74, 6) is 1.61. The minimum absolute atomic E-state index is 0.0766. The zero-order valence-corrected chi connectivity index (χ0v) is 12.7. The van der Waals surface area contributed by atoms with Crippen molar-refractivity contribution < 1.29 is 9.53 Å². The molecule has 7 nitrogen and oxygen atoms in total. The Labute approximate surface area is 126 Å². The summed E-state index contributed by atoms with van der Waals surface area (Å²) in [5, 5.41) is 11.2. The van der Waals surface area contributed by atoms with Crippen LogP contribution < -0.4 is 15.8 Å². The lowest BCUT2D eigenvalue weighted by molar-refractivity contribution is -0.116. The Balaban J connectivity index is 2.02. The van der Waals surface area contributed by atoms with Gasteiger partial charge in [0.2, 0.25) is 11.9 Å². The third-order valence-corrected chi connectivity index (χ3v) is 3.54. The molecule has 0 unspecified atom stereocenters. The standard InChI is InChI=1S/C13H17N5O2S/c1-3-21-13-17-16-12(14)18(13)8-11(19)15-9-4-6-10(20-2)7-5-9/h4-7H,3,8H2,1-2H3,(H2,14,16)(H,15,19). The number of amides is 1.